The van der Waals surface area contributed by atoms with Crippen molar-refractivity contribution in [3.05, 3.63) is 42.7 Å². The van der Waals surface area contributed by atoms with Crippen LogP contribution in [0.4, 0.5) is 5.82 Å². The van der Waals surface area contributed by atoms with Crippen molar-refractivity contribution in [3.63, 3.8) is 0 Å². The highest BCUT2D eigenvalue weighted by atomic mass is 16.5. The quantitative estimate of drug-likeness (QED) is 0.820. The second-order valence-electron chi connectivity index (χ2n) is 5.22. The summed E-state index contributed by atoms with van der Waals surface area (Å²) in [5.74, 6) is 2.78. The van der Waals surface area contributed by atoms with Crippen molar-refractivity contribution < 1.29 is 4.74 Å². The summed E-state index contributed by atoms with van der Waals surface area (Å²) in [6, 6.07) is 7.88. The Morgan fingerprint density at radius 2 is 2.19 bits per heavy atom. The fourth-order valence-electron chi connectivity index (χ4n) is 2.36. The Morgan fingerprint density at radius 1 is 1.43 bits per heavy atom. The van der Waals surface area contributed by atoms with Crippen LogP contribution < -0.4 is 10.5 Å². The normalized spacial score (nSPS) is 10.9. The average molecular weight is 285 g/mol. The number of nitrogens with zero attached hydrogens (tertiary/aromatic N) is 2. The van der Waals surface area contributed by atoms with E-state index in [9.17, 15) is 0 Å². The van der Waals surface area contributed by atoms with Crippen LogP contribution in [0.3, 0.4) is 0 Å². The van der Waals surface area contributed by atoms with Gasteiger partial charge >= 0.3 is 0 Å². The van der Waals surface area contributed by atoms with E-state index in [1.165, 1.54) is 0 Å². The maximum atomic E-state index is 6.30. The zero-order valence-electron chi connectivity index (χ0n) is 13.0. The third kappa shape index (κ3) is 3.10. The van der Waals surface area contributed by atoms with Gasteiger partial charge in [0.05, 0.1) is 6.61 Å². The SMILES string of the molecule is C=CCn1c(C(C)C)nc(-c2cccc(OCC)c2)c1N. The Hall–Kier alpha value is -2.23. The lowest BCUT2D eigenvalue weighted by molar-refractivity contribution is 0.340. The van der Waals surface area contributed by atoms with Gasteiger partial charge in [-0.3, -0.25) is 0 Å². The molecule has 0 spiro atoms. The number of allylic oxidation sites excluding steroid dienone is 1. The smallest absolute Gasteiger partial charge is 0.132 e. The molecule has 4 nitrogen and oxygen atoms in total. The minimum absolute atomic E-state index is 0.302. The van der Waals surface area contributed by atoms with Gasteiger partial charge in [0.1, 0.15) is 23.1 Å². The first-order valence-corrected chi connectivity index (χ1v) is 7.28. The number of imidazole rings is 1. The first-order chi connectivity index (χ1) is 10.1. The molecule has 0 saturated carbocycles. The minimum Gasteiger partial charge on any atom is -0.494 e. The molecule has 21 heavy (non-hydrogen) atoms. The van der Waals surface area contributed by atoms with Crippen molar-refractivity contribution in [1.29, 1.82) is 0 Å². The van der Waals surface area contributed by atoms with Crippen molar-refractivity contribution in [1.82, 2.24) is 9.55 Å². The maximum Gasteiger partial charge on any atom is 0.132 e. The monoisotopic (exact) mass is 285 g/mol. The summed E-state index contributed by atoms with van der Waals surface area (Å²) in [4.78, 5) is 4.73. The van der Waals surface area contributed by atoms with Gasteiger partial charge in [0.25, 0.3) is 0 Å². The summed E-state index contributed by atoms with van der Waals surface area (Å²) in [6.07, 6.45) is 1.84. The Labute approximate surface area is 126 Å². The zero-order chi connectivity index (χ0) is 15.4. The number of ether oxygens (including phenoxy) is 1. The van der Waals surface area contributed by atoms with Crippen LogP contribution in [0.15, 0.2) is 36.9 Å². The molecule has 0 aliphatic carbocycles. The summed E-state index contributed by atoms with van der Waals surface area (Å²) in [6.45, 7) is 11.3. The fraction of sp³-hybridized carbons (Fsp3) is 0.353. The molecule has 1 aromatic carbocycles. The molecule has 2 rings (SSSR count). The molecule has 2 N–H and O–H groups in total. The van der Waals surface area contributed by atoms with Gasteiger partial charge in [0.2, 0.25) is 0 Å². The van der Waals surface area contributed by atoms with Crippen LogP contribution in [-0.4, -0.2) is 16.2 Å². The molecule has 2 aromatic rings. The fourth-order valence-corrected chi connectivity index (χ4v) is 2.36. The highest BCUT2D eigenvalue weighted by Gasteiger charge is 2.17. The van der Waals surface area contributed by atoms with Crippen LogP contribution in [0.25, 0.3) is 11.3 Å². The lowest BCUT2D eigenvalue weighted by Gasteiger charge is -2.09. The molecule has 0 radical (unpaired) electrons. The summed E-state index contributed by atoms with van der Waals surface area (Å²) >= 11 is 0. The number of rotatable bonds is 6. The molecule has 0 fully saturated rings. The lowest BCUT2D eigenvalue weighted by Crippen LogP contribution is -2.07. The molecule has 1 aromatic heterocycles. The van der Waals surface area contributed by atoms with Gasteiger partial charge in [-0.05, 0) is 19.1 Å². The van der Waals surface area contributed by atoms with Crippen LogP contribution in [0.2, 0.25) is 0 Å². The first-order valence-electron chi connectivity index (χ1n) is 7.28. The molecule has 1 heterocycles. The maximum absolute atomic E-state index is 6.30. The third-order valence-corrected chi connectivity index (χ3v) is 3.28. The van der Waals surface area contributed by atoms with Crippen molar-refractivity contribution >= 4 is 5.82 Å². The molecule has 0 aliphatic rings. The second-order valence-corrected chi connectivity index (χ2v) is 5.22. The first kappa shape index (κ1) is 15.2. The van der Waals surface area contributed by atoms with Gasteiger partial charge < -0.3 is 15.0 Å². The molecule has 4 heteroatoms. The predicted octanol–water partition coefficient (Wildman–Crippen LogP) is 3.84. The molecular weight excluding hydrogens is 262 g/mol. The molecule has 112 valence electrons. The highest BCUT2D eigenvalue weighted by molar-refractivity contribution is 5.72. The van der Waals surface area contributed by atoms with E-state index in [1.807, 2.05) is 41.8 Å². The van der Waals surface area contributed by atoms with Crippen molar-refractivity contribution in [3.8, 4) is 17.0 Å². The van der Waals surface area contributed by atoms with Gasteiger partial charge in [0.15, 0.2) is 0 Å². The molecular formula is C17H23N3O. The molecule has 0 unspecified atom stereocenters. The van der Waals surface area contributed by atoms with E-state index in [1.54, 1.807) is 0 Å². The molecule has 0 aliphatic heterocycles. The van der Waals surface area contributed by atoms with Crippen molar-refractivity contribution in [2.45, 2.75) is 33.2 Å². The summed E-state index contributed by atoms with van der Waals surface area (Å²) in [7, 11) is 0. The zero-order valence-corrected chi connectivity index (χ0v) is 13.0. The van der Waals surface area contributed by atoms with Crippen LogP contribution >= 0.6 is 0 Å². The minimum atomic E-state index is 0.302. The van der Waals surface area contributed by atoms with Crippen molar-refractivity contribution in [2.75, 3.05) is 12.3 Å². The number of anilines is 1. The average Bonchev–Trinajstić information content (AvgIpc) is 2.78. The van der Waals surface area contributed by atoms with E-state index in [-0.39, 0.29) is 0 Å². The van der Waals surface area contributed by atoms with Gasteiger partial charge in [-0.15, -0.1) is 6.58 Å². The van der Waals surface area contributed by atoms with Crippen LogP contribution in [0.5, 0.6) is 5.75 Å². The van der Waals surface area contributed by atoms with E-state index in [0.717, 1.165) is 22.8 Å². The molecule has 0 bridgehead atoms. The van der Waals surface area contributed by atoms with Gasteiger partial charge in [-0.25, -0.2) is 4.98 Å². The summed E-state index contributed by atoms with van der Waals surface area (Å²) < 4.78 is 7.56. The Morgan fingerprint density at radius 3 is 2.81 bits per heavy atom. The summed E-state index contributed by atoms with van der Waals surface area (Å²) in [5, 5.41) is 0. The lowest BCUT2D eigenvalue weighted by atomic mass is 10.1. The number of nitrogen functional groups attached to an aromatic ring is 1. The number of aromatic nitrogens is 2. The van der Waals surface area contributed by atoms with E-state index in [0.29, 0.717) is 24.9 Å². The summed E-state index contributed by atoms with van der Waals surface area (Å²) in [5.41, 5.74) is 8.08. The van der Waals surface area contributed by atoms with E-state index >= 15 is 0 Å². The Bertz CT molecular complexity index is 629. The van der Waals surface area contributed by atoms with E-state index < -0.39 is 0 Å². The topological polar surface area (TPSA) is 53.1 Å². The van der Waals surface area contributed by atoms with E-state index in [4.69, 9.17) is 15.5 Å². The van der Waals surface area contributed by atoms with E-state index in [2.05, 4.69) is 20.4 Å². The molecule has 0 atom stereocenters. The molecule has 0 amide bonds. The van der Waals surface area contributed by atoms with Gasteiger partial charge in [-0.2, -0.15) is 0 Å². The van der Waals surface area contributed by atoms with Crippen molar-refractivity contribution in [2.24, 2.45) is 0 Å². The Balaban J connectivity index is 2.51. The van der Waals surface area contributed by atoms with Crippen LogP contribution in [0, 0.1) is 0 Å². The highest BCUT2D eigenvalue weighted by Crippen LogP contribution is 2.31. The second kappa shape index (κ2) is 6.48. The third-order valence-electron chi connectivity index (χ3n) is 3.28. The number of hydrogen-bond acceptors (Lipinski definition) is 3. The van der Waals surface area contributed by atoms with Gasteiger partial charge in [-0.1, -0.05) is 32.1 Å². The number of benzene rings is 1. The predicted molar refractivity (Wildman–Crippen MR) is 87.5 cm³/mol. The number of hydrogen-bond donors (Lipinski definition) is 1. The van der Waals surface area contributed by atoms with Gasteiger partial charge in [0, 0.05) is 18.0 Å². The number of nitrogens with two attached hydrogens (primary N) is 1. The standard InChI is InChI=1S/C17H23N3O/c1-5-10-20-16(18)15(19-17(20)12(3)4)13-8-7-9-14(11-13)21-6-2/h5,7-9,11-12H,1,6,10,18H2,2-4H3. The Kier molecular flexibility index (Phi) is 4.68. The van der Waals surface area contributed by atoms with Crippen LogP contribution in [0.1, 0.15) is 32.5 Å². The van der Waals surface area contributed by atoms with Crippen LogP contribution in [-0.2, 0) is 6.54 Å². The largest absolute Gasteiger partial charge is 0.494 e. The molecule has 0 saturated heterocycles.